The van der Waals surface area contributed by atoms with Crippen molar-refractivity contribution < 1.29 is 24.2 Å². The lowest BCUT2D eigenvalue weighted by Crippen LogP contribution is -2.05. The fraction of sp³-hybridized carbons (Fsp3) is 0.238. The minimum Gasteiger partial charge on any atom is -0.504 e. The van der Waals surface area contributed by atoms with Gasteiger partial charge in [-0.15, -0.1) is 11.3 Å². The van der Waals surface area contributed by atoms with E-state index in [1.807, 2.05) is 12.1 Å². The van der Waals surface area contributed by atoms with E-state index in [0.717, 1.165) is 11.3 Å². The van der Waals surface area contributed by atoms with E-state index in [9.17, 15) is 25.2 Å². The van der Waals surface area contributed by atoms with Crippen LogP contribution in [0.3, 0.4) is 0 Å². The molecule has 1 aromatic carbocycles. The number of aromatic hydroxyl groups is 1. The van der Waals surface area contributed by atoms with Crippen LogP contribution < -0.4 is 4.74 Å². The predicted octanol–water partition coefficient (Wildman–Crippen LogP) is 4.30. The molecule has 0 amide bonds. The van der Waals surface area contributed by atoms with Crippen molar-refractivity contribution in [3.63, 3.8) is 0 Å². The highest BCUT2D eigenvalue weighted by molar-refractivity contribution is 9.10. The second kappa shape index (κ2) is 10.1. The number of Topliss-reactive ketones (excluding diaryl/α,β-unsaturated/α-hetero) is 1. The number of carbonyl (C=O) groups is 2. The molecule has 0 atom stereocenters. The molecule has 0 spiro atoms. The van der Waals surface area contributed by atoms with Crippen molar-refractivity contribution in [3.05, 3.63) is 48.6 Å². The van der Waals surface area contributed by atoms with E-state index >= 15 is 0 Å². The number of nitrogens with zero attached hydrogens (tertiary/aromatic N) is 2. The third-order valence-electron chi connectivity index (χ3n) is 4.12. The lowest BCUT2D eigenvalue weighted by molar-refractivity contribution is -0.114. The number of esters is 1. The van der Waals surface area contributed by atoms with Gasteiger partial charge >= 0.3 is 5.97 Å². The summed E-state index contributed by atoms with van der Waals surface area (Å²) in [5.74, 6) is -1.14. The fourth-order valence-corrected chi connectivity index (χ4v) is 4.27. The highest BCUT2D eigenvalue weighted by atomic mass is 79.9. The number of hydrogen-bond donors (Lipinski definition) is 1. The molecule has 154 valence electrons. The van der Waals surface area contributed by atoms with Crippen molar-refractivity contribution in [2.75, 3.05) is 13.7 Å². The Hall–Kier alpha value is -3.14. The zero-order chi connectivity index (χ0) is 22.4. The first kappa shape index (κ1) is 23.1. The van der Waals surface area contributed by atoms with Crippen LogP contribution in [0, 0.1) is 29.6 Å². The summed E-state index contributed by atoms with van der Waals surface area (Å²) in [6, 6.07) is 6.93. The van der Waals surface area contributed by atoms with Crippen LogP contribution in [0.2, 0.25) is 0 Å². The number of halogens is 1. The van der Waals surface area contributed by atoms with Crippen molar-refractivity contribution in [3.8, 4) is 23.6 Å². The summed E-state index contributed by atoms with van der Waals surface area (Å²) < 4.78 is 10.7. The molecule has 0 saturated heterocycles. The van der Waals surface area contributed by atoms with Crippen LogP contribution in [0.5, 0.6) is 11.5 Å². The van der Waals surface area contributed by atoms with Gasteiger partial charge in [0.25, 0.3) is 0 Å². The second-order valence-corrected chi connectivity index (χ2v) is 8.02. The smallest absolute Gasteiger partial charge is 0.348 e. The molecule has 0 bridgehead atoms. The SMILES string of the molecule is CCOC(=O)c1sc(CC(=O)/C(C#N)=C/c2cc(Br)cc(OC)c2O)c(C#N)c1C. The van der Waals surface area contributed by atoms with Crippen LogP contribution >= 0.6 is 27.3 Å². The monoisotopic (exact) mass is 488 g/mol. The van der Waals surface area contributed by atoms with Gasteiger partial charge in [0, 0.05) is 21.3 Å². The van der Waals surface area contributed by atoms with Gasteiger partial charge in [-0.1, -0.05) is 15.9 Å². The van der Waals surface area contributed by atoms with Crippen LogP contribution in [0.4, 0.5) is 0 Å². The van der Waals surface area contributed by atoms with Gasteiger partial charge in [-0.25, -0.2) is 4.79 Å². The molecule has 7 nitrogen and oxygen atoms in total. The Balaban J connectivity index is 2.42. The van der Waals surface area contributed by atoms with E-state index in [1.54, 1.807) is 19.9 Å². The normalized spacial score (nSPS) is 10.8. The molecule has 1 heterocycles. The summed E-state index contributed by atoms with van der Waals surface area (Å²) in [7, 11) is 1.38. The third-order valence-corrected chi connectivity index (χ3v) is 5.85. The Morgan fingerprint density at radius 2 is 2.03 bits per heavy atom. The molecule has 2 rings (SSSR count). The number of nitriles is 2. The fourth-order valence-electron chi connectivity index (χ4n) is 2.67. The number of benzene rings is 1. The number of rotatable bonds is 7. The summed E-state index contributed by atoms with van der Waals surface area (Å²) in [4.78, 5) is 25.5. The summed E-state index contributed by atoms with van der Waals surface area (Å²) in [6.07, 6.45) is 1.02. The zero-order valence-electron chi connectivity index (χ0n) is 16.4. The van der Waals surface area contributed by atoms with E-state index in [4.69, 9.17) is 9.47 Å². The minimum atomic E-state index is -0.558. The second-order valence-electron chi connectivity index (χ2n) is 6.00. The summed E-state index contributed by atoms with van der Waals surface area (Å²) in [5, 5.41) is 29.2. The molecule has 2 aromatic rings. The largest absolute Gasteiger partial charge is 0.504 e. The van der Waals surface area contributed by atoms with Crippen molar-refractivity contribution in [2.45, 2.75) is 20.3 Å². The molecule has 9 heteroatoms. The van der Waals surface area contributed by atoms with Gasteiger partial charge in [-0.2, -0.15) is 10.5 Å². The highest BCUT2D eigenvalue weighted by Crippen LogP contribution is 2.35. The van der Waals surface area contributed by atoms with E-state index < -0.39 is 11.8 Å². The van der Waals surface area contributed by atoms with Gasteiger partial charge in [0.2, 0.25) is 0 Å². The number of ether oxygens (including phenoxy) is 2. The van der Waals surface area contributed by atoms with Gasteiger partial charge < -0.3 is 14.6 Å². The van der Waals surface area contributed by atoms with Gasteiger partial charge in [0.15, 0.2) is 17.3 Å². The molecule has 0 aliphatic heterocycles. The number of allylic oxidation sites excluding steroid dienone is 1. The third kappa shape index (κ3) is 4.88. The molecule has 0 fully saturated rings. The molecule has 0 aliphatic carbocycles. The summed E-state index contributed by atoms with van der Waals surface area (Å²) in [5.41, 5.74) is 0.681. The van der Waals surface area contributed by atoms with Crippen LogP contribution in [0.15, 0.2) is 22.2 Å². The average Bonchev–Trinajstić information content (AvgIpc) is 3.03. The average molecular weight is 489 g/mol. The van der Waals surface area contributed by atoms with Gasteiger partial charge in [-0.05, 0) is 37.6 Å². The van der Waals surface area contributed by atoms with E-state index in [-0.39, 0.29) is 46.1 Å². The number of thiophene rings is 1. The Morgan fingerprint density at radius 1 is 1.33 bits per heavy atom. The van der Waals surface area contributed by atoms with Crippen LogP contribution in [0.1, 0.15) is 38.2 Å². The Morgan fingerprint density at radius 3 is 2.60 bits per heavy atom. The maximum absolute atomic E-state index is 12.7. The summed E-state index contributed by atoms with van der Waals surface area (Å²) in [6.45, 7) is 3.47. The molecule has 0 unspecified atom stereocenters. The van der Waals surface area contributed by atoms with Crippen molar-refractivity contribution in [2.24, 2.45) is 0 Å². The maximum atomic E-state index is 12.7. The molecule has 0 radical (unpaired) electrons. The van der Waals surface area contributed by atoms with Gasteiger partial charge in [0.1, 0.15) is 17.0 Å². The molecule has 0 saturated carbocycles. The van der Waals surface area contributed by atoms with E-state index in [0.29, 0.717) is 14.9 Å². The first-order valence-corrected chi connectivity index (χ1v) is 10.3. The van der Waals surface area contributed by atoms with Crippen LogP contribution in [0.25, 0.3) is 6.08 Å². The first-order valence-electron chi connectivity index (χ1n) is 8.68. The number of phenols is 1. The zero-order valence-corrected chi connectivity index (χ0v) is 18.8. The van der Waals surface area contributed by atoms with E-state index in [1.165, 1.54) is 19.3 Å². The Bertz CT molecular complexity index is 1120. The number of carbonyl (C=O) groups excluding carboxylic acids is 2. The van der Waals surface area contributed by atoms with Crippen molar-refractivity contribution in [1.82, 2.24) is 0 Å². The number of ketones is 1. The van der Waals surface area contributed by atoms with Gasteiger partial charge in [-0.3, -0.25) is 4.79 Å². The Kier molecular flexibility index (Phi) is 7.76. The van der Waals surface area contributed by atoms with Crippen LogP contribution in [-0.2, 0) is 16.0 Å². The number of hydrogen-bond acceptors (Lipinski definition) is 8. The van der Waals surface area contributed by atoms with E-state index in [2.05, 4.69) is 15.9 Å². The first-order chi connectivity index (χ1) is 14.3. The quantitative estimate of drug-likeness (QED) is 0.350. The standard InChI is InChI=1S/C21H17BrN2O5S/c1-4-29-21(27)20-11(2)15(10-24)18(30-20)8-16(25)13(9-23)5-12-6-14(22)7-17(28-3)19(12)26/h5-7,26H,4,8H2,1-3H3/b13-5+. The molecular formula is C21H17BrN2O5S. The molecular weight excluding hydrogens is 472 g/mol. The Labute approximate surface area is 185 Å². The minimum absolute atomic E-state index is 0.181. The maximum Gasteiger partial charge on any atom is 0.348 e. The molecule has 1 N–H and O–H groups in total. The van der Waals surface area contributed by atoms with Gasteiger partial charge in [0.05, 0.1) is 24.9 Å². The molecule has 1 aromatic heterocycles. The summed E-state index contributed by atoms with van der Waals surface area (Å²) >= 11 is 4.28. The lowest BCUT2D eigenvalue weighted by Gasteiger charge is -2.07. The number of phenolic OH excluding ortho intramolecular Hbond substituents is 1. The molecule has 30 heavy (non-hydrogen) atoms. The predicted molar refractivity (Wildman–Crippen MR) is 114 cm³/mol. The van der Waals surface area contributed by atoms with Crippen molar-refractivity contribution in [1.29, 1.82) is 10.5 Å². The highest BCUT2D eigenvalue weighted by Gasteiger charge is 2.23. The van der Waals surface area contributed by atoms with Crippen molar-refractivity contribution >= 4 is 45.1 Å². The number of methoxy groups -OCH3 is 1. The molecule has 0 aliphatic rings. The lowest BCUT2D eigenvalue weighted by atomic mass is 10.0. The topological polar surface area (TPSA) is 120 Å². The van der Waals surface area contributed by atoms with Crippen LogP contribution in [-0.4, -0.2) is 30.6 Å².